The summed E-state index contributed by atoms with van der Waals surface area (Å²) >= 11 is 0. The van der Waals surface area contributed by atoms with E-state index < -0.39 is 5.60 Å². The van der Waals surface area contributed by atoms with Gasteiger partial charge in [-0.1, -0.05) is 46.0 Å². The molecule has 0 aliphatic heterocycles. The molecule has 3 N–H and O–H groups in total. The molecule has 1 rings (SSSR count). The van der Waals surface area contributed by atoms with Gasteiger partial charge in [-0.3, -0.25) is 0 Å². The van der Waals surface area contributed by atoms with Gasteiger partial charge < -0.3 is 10.8 Å². The minimum absolute atomic E-state index is 0.0540. The van der Waals surface area contributed by atoms with Crippen molar-refractivity contribution < 1.29 is 5.11 Å². The van der Waals surface area contributed by atoms with Crippen LogP contribution in [0.3, 0.4) is 0 Å². The zero-order valence-electron chi connectivity index (χ0n) is 11.3. The molecular weight excluding hydrogens is 198 g/mol. The van der Waals surface area contributed by atoms with E-state index in [1.165, 1.54) is 32.1 Å². The molecule has 1 fully saturated rings. The van der Waals surface area contributed by atoms with Gasteiger partial charge >= 0.3 is 0 Å². The van der Waals surface area contributed by atoms with Gasteiger partial charge in [0.1, 0.15) is 0 Å². The predicted octanol–water partition coefficient (Wildman–Crippen LogP) is 3.08. The molecule has 0 aromatic heterocycles. The van der Waals surface area contributed by atoms with Gasteiger partial charge in [-0.2, -0.15) is 0 Å². The summed E-state index contributed by atoms with van der Waals surface area (Å²) in [6, 6.07) is 0. The van der Waals surface area contributed by atoms with Gasteiger partial charge in [0, 0.05) is 12.0 Å². The first-order valence-electron chi connectivity index (χ1n) is 6.89. The highest BCUT2D eigenvalue weighted by Gasteiger charge is 2.47. The van der Waals surface area contributed by atoms with Crippen molar-refractivity contribution in [2.75, 3.05) is 6.54 Å². The normalized spacial score (nSPS) is 25.9. The third-order valence-electron chi connectivity index (χ3n) is 4.90. The second-order valence-electron chi connectivity index (χ2n) is 6.05. The molecule has 0 bridgehead atoms. The Bertz CT molecular complexity index is 203. The van der Waals surface area contributed by atoms with E-state index in [4.69, 9.17) is 5.73 Å². The minimum atomic E-state index is -0.626. The van der Waals surface area contributed by atoms with Crippen molar-refractivity contribution in [1.82, 2.24) is 0 Å². The molecule has 0 saturated heterocycles. The standard InChI is InChI=1S/C14H29NO/c1-12(2)13(3,16)14(11-15)9-7-5-4-6-8-10-14/h12,16H,4-11,15H2,1-3H3. The van der Waals surface area contributed by atoms with Crippen LogP contribution in [0, 0.1) is 11.3 Å². The fourth-order valence-corrected chi connectivity index (χ4v) is 3.11. The van der Waals surface area contributed by atoms with E-state index >= 15 is 0 Å². The zero-order valence-corrected chi connectivity index (χ0v) is 11.3. The molecule has 0 spiro atoms. The molecule has 1 atom stereocenters. The van der Waals surface area contributed by atoms with Crippen LogP contribution in [0.5, 0.6) is 0 Å². The molecule has 1 aliphatic rings. The van der Waals surface area contributed by atoms with Crippen LogP contribution < -0.4 is 5.73 Å². The van der Waals surface area contributed by atoms with Crippen molar-refractivity contribution in [3.05, 3.63) is 0 Å². The predicted molar refractivity (Wildman–Crippen MR) is 69.3 cm³/mol. The largest absolute Gasteiger partial charge is 0.389 e. The van der Waals surface area contributed by atoms with Crippen molar-refractivity contribution in [3.8, 4) is 0 Å². The van der Waals surface area contributed by atoms with Crippen LogP contribution >= 0.6 is 0 Å². The Labute approximate surface area is 101 Å². The van der Waals surface area contributed by atoms with Crippen LogP contribution in [0.25, 0.3) is 0 Å². The maximum atomic E-state index is 10.8. The van der Waals surface area contributed by atoms with Gasteiger partial charge in [0.15, 0.2) is 0 Å². The highest BCUT2D eigenvalue weighted by atomic mass is 16.3. The first-order valence-corrected chi connectivity index (χ1v) is 6.89. The van der Waals surface area contributed by atoms with Gasteiger partial charge in [0.2, 0.25) is 0 Å². The smallest absolute Gasteiger partial charge is 0.0710 e. The number of hydrogen-bond donors (Lipinski definition) is 2. The molecule has 0 radical (unpaired) electrons. The van der Waals surface area contributed by atoms with E-state index in [1.807, 2.05) is 6.92 Å². The summed E-state index contributed by atoms with van der Waals surface area (Å²) in [7, 11) is 0. The summed E-state index contributed by atoms with van der Waals surface area (Å²) in [5.41, 5.74) is 5.34. The van der Waals surface area contributed by atoms with Crippen LogP contribution in [0.15, 0.2) is 0 Å². The summed E-state index contributed by atoms with van der Waals surface area (Å²) in [6.45, 7) is 6.83. The molecule has 1 aliphatic carbocycles. The van der Waals surface area contributed by atoms with Crippen LogP contribution in [-0.2, 0) is 0 Å². The molecule has 2 heteroatoms. The Morgan fingerprint density at radius 3 is 1.94 bits per heavy atom. The summed E-state index contributed by atoms with van der Waals surface area (Å²) < 4.78 is 0. The zero-order chi connectivity index (χ0) is 12.2. The molecule has 0 amide bonds. The van der Waals surface area contributed by atoms with E-state index in [0.29, 0.717) is 6.54 Å². The quantitative estimate of drug-likeness (QED) is 0.778. The van der Waals surface area contributed by atoms with Gasteiger partial charge in [-0.15, -0.1) is 0 Å². The van der Waals surface area contributed by atoms with Gasteiger partial charge in [-0.25, -0.2) is 0 Å². The van der Waals surface area contributed by atoms with Crippen LogP contribution in [0.2, 0.25) is 0 Å². The molecule has 0 heterocycles. The average molecular weight is 227 g/mol. The molecule has 96 valence electrons. The lowest BCUT2D eigenvalue weighted by Crippen LogP contribution is -2.54. The van der Waals surface area contributed by atoms with Gasteiger partial charge in [0.05, 0.1) is 5.60 Å². The number of rotatable bonds is 3. The van der Waals surface area contributed by atoms with Crippen molar-refractivity contribution in [3.63, 3.8) is 0 Å². The average Bonchev–Trinajstić information content (AvgIpc) is 2.17. The maximum absolute atomic E-state index is 10.8. The third kappa shape index (κ3) is 2.60. The second kappa shape index (κ2) is 5.50. The van der Waals surface area contributed by atoms with Crippen molar-refractivity contribution in [1.29, 1.82) is 0 Å². The van der Waals surface area contributed by atoms with Gasteiger partial charge in [0.25, 0.3) is 0 Å². The van der Waals surface area contributed by atoms with E-state index in [9.17, 15) is 5.11 Å². The lowest BCUT2D eigenvalue weighted by molar-refractivity contribution is -0.112. The van der Waals surface area contributed by atoms with E-state index in [0.717, 1.165) is 12.8 Å². The Morgan fingerprint density at radius 2 is 1.56 bits per heavy atom. The molecule has 0 aromatic rings. The van der Waals surface area contributed by atoms with E-state index in [-0.39, 0.29) is 11.3 Å². The Balaban J connectivity index is 2.87. The molecule has 2 nitrogen and oxygen atoms in total. The molecule has 16 heavy (non-hydrogen) atoms. The Hall–Kier alpha value is -0.0800. The van der Waals surface area contributed by atoms with Crippen LogP contribution in [0.1, 0.15) is 65.7 Å². The number of nitrogens with two attached hydrogens (primary N) is 1. The Morgan fingerprint density at radius 1 is 1.12 bits per heavy atom. The maximum Gasteiger partial charge on any atom is 0.0710 e. The second-order valence-corrected chi connectivity index (χ2v) is 6.05. The lowest BCUT2D eigenvalue weighted by Gasteiger charge is -2.48. The van der Waals surface area contributed by atoms with E-state index in [1.54, 1.807) is 0 Å². The molecular formula is C14H29NO. The minimum Gasteiger partial charge on any atom is -0.389 e. The lowest BCUT2D eigenvalue weighted by atomic mass is 9.61. The highest BCUT2D eigenvalue weighted by molar-refractivity contribution is 4.99. The Kier molecular flexibility index (Phi) is 4.81. The molecule has 0 aromatic carbocycles. The summed E-state index contributed by atoms with van der Waals surface area (Å²) in [5.74, 6) is 0.274. The van der Waals surface area contributed by atoms with Crippen molar-refractivity contribution in [2.24, 2.45) is 17.1 Å². The fraction of sp³-hybridized carbons (Fsp3) is 1.00. The first-order chi connectivity index (χ1) is 7.46. The monoisotopic (exact) mass is 227 g/mol. The third-order valence-corrected chi connectivity index (χ3v) is 4.90. The first kappa shape index (κ1) is 14.0. The SMILES string of the molecule is CC(C)C(C)(O)C1(CN)CCCCCCC1. The summed E-state index contributed by atoms with van der Waals surface area (Å²) in [4.78, 5) is 0. The van der Waals surface area contributed by atoms with Crippen molar-refractivity contribution in [2.45, 2.75) is 71.3 Å². The molecule has 1 unspecified atom stereocenters. The number of aliphatic hydroxyl groups is 1. The van der Waals surface area contributed by atoms with Crippen LogP contribution in [-0.4, -0.2) is 17.3 Å². The molecule has 1 saturated carbocycles. The topological polar surface area (TPSA) is 46.2 Å². The van der Waals surface area contributed by atoms with E-state index in [2.05, 4.69) is 13.8 Å². The van der Waals surface area contributed by atoms with Crippen molar-refractivity contribution >= 4 is 0 Å². The fourth-order valence-electron chi connectivity index (χ4n) is 3.11. The van der Waals surface area contributed by atoms with Crippen LogP contribution in [0.4, 0.5) is 0 Å². The summed E-state index contributed by atoms with van der Waals surface area (Å²) in [5, 5.41) is 10.8. The number of hydrogen-bond acceptors (Lipinski definition) is 2. The summed E-state index contributed by atoms with van der Waals surface area (Å²) in [6.07, 6.45) is 8.58. The van der Waals surface area contributed by atoms with Gasteiger partial charge in [-0.05, 0) is 25.7 Å². The highest BCUT2D eigenvalue weighted by Crippen LogP contribution is 2.45.